The molecule has 0 aliphatic heterocycles. The van der Waals surface area contributed by atoms with Crippen molar-refractivity contribution in [2.45, 2.75) is 31.8 Å². The zero-order valence-corrected chi connectivity index (χ0v) is 7.73. The third-order valence-electron chi connectivity index (χ3n) is 4.75. The Kier molecular flexibility index (Phi) is 1.58. The number of fused-ring (bicyclic) bond motifs is 2. The van der Waals surface area contributed by atoms with Gasteiger partial charge in [-0.05, 0) is 49.4 Å². The average Bonchev–Trinajstić information content (AvgIpc) is 2.19. The van der Waals surface area contributed by atoms with Crippen LogP contribution in [0.5, 0.6) is 0 Å². The molecule has 0 spiro atoms. The van der Waals surface area contributed by atoms with E-state index in [4.69, 9.17) is 0 Å². The van der Waals surface area contributed by atoms with Crippen molar-refractivity contribution in [1.82, 2.24) is 0 Å². The molecule has 0 amide bonds. The summed E-state index contributed by atoms with van der Waals surface area (Å²) in [6.45, 7) is 0. The van der Waals surface area contributed by atoms with E-state index in [1.807, 2.05) is 0 Å². The standard InChI is InChI=1S/C11H16O2/c12-5-10-8-3-7-2-1-6(8)4-9(7)11(10)13/h5-11,13H,1-4H2. The highest BCUT2D eigenvalue weighted by atomic mass is 16.3. The molecule has 5 aliphatic carbocycles. The van der Waals surface area contributed by atoms with Gasteiger partial charge in [-0.15, -0.1) is 0 Å². The SMILES string of the molecule is O=CC1C(O)C2CC3CCC2CC31. The van der Waals surface area contributed by atoms with Crippen molar-refractivity contribution in [3.63, 3.8) is 0 Å². The molecule has 2 nitrogen and oxygen atoms in total. The maximum Gasteiger partial charge on any atom is 0.125 e. The topological polar surface area (TPSA) is 37.3 Å². The van der Waals surface area contributed by atoms with Crippen LogP contribution in [0, 0.1) is 29.6 Å². The van der Waals surface area contributed by atoms with Crippen LogP contribution in [0.4, 0.5) is 0 Å². The van der Waals surface area contributed by atoms with E-state index in [1.165, 1.54) is 25.7 Å². The van der Waals surface area contributed by atoms with Gasteiger partial charge >= 0.3 is 0 Å². The van der Waals surface area contributed by atoms with E-state index in [0.29, 0.717) is 11.8 Å². The van der Waals surface area contributed by atoms with E-state index < -0.39 is 0 Å². The fraction of sp³-hybridized carbons (Fsp3) is 0.909. The Morgan fingerprint density at radius 1 is 1.08 bits per heavy atom. The molecule has 1 N–H and O–H groups in total. The third-order valence-corrected chi connectivity index (χ3v) is 4.75. The Hall–Kier alpha value is -0.370. The molecule has 0 radical (unpaired) electrons. The first-order valence-electron chi connectivity index (χ1n) is 5.44. The molecule has 6 unspecified atom stereocenters. The Labute approximate surface area is 78.3 Å². The van der Waals surface area contributed by atoms with Crippen LogP contribution in [0.1, 0.15) is 25.7 Å². The smallest absolute Gasteiger partial charge is 0.125 e. The van der Waals surface area contributed by atoms with E-state index >= 15 is 0 Å². The van der Waals surface area contributed by atoms with Gasteiger partial charge in [-0.2, -0.15) is 0 Å². The van der Waals surface area contributed by atoms with Crippen LogP contribution in [-0.4, -0.2) is 17.5 Å². The van der Waals surface area contributed by atoms with Crippen molar-refractivity contribution in [1.29, 1.82) is 0 Å². The third kappa shape index (κ3) is 0.899. The van der Waals surface area contributed by atoms with Gasteiger partial charge in [0.25, 0.3) is 0 Å². The Balaban J connectivity index is 1.95. The lowest BCUT2D eigenvalue weighted by Gasteiger charge is -2.57. The van der Waals surface area contributed by atoms with Crippen molar-refractivity contribution in [3.05, 3.63) is 0 Å². The van der Waals surface area contributed by atoms with Crippen LogP contribution < -0.4 is 0 Å². The molecule has 0 heterocycles. The van der Waals surface area contributed by atoms with Gasteiger partial charge in [0.05, 0.1) is 6.10 Å². The minimum absolute atomic E-state index is 0.0275. The fourth-order valence-corrected chi connectivity index (χ4v) is 4.14. The molecule has 0 aromatic heterocycles. The predicted molar refractivity (Wildman–Crippen MR) is 48.0 cm³/mol. The zero-order chi connectivity index (χ0) is 9.00. The molecule has 13 heavy (non-hydrogen) atoms. The van der Waals surface area contributed by atoms with E-state index in [2.05, 4.69) is 0 Å². The van der Waals surface area contributed by atoms with E-state index in [-0.39, 0.29) is 12.0 Å². The molecule has 72 valence electrons. The highest BCUT2D eigenvalue weighted by Gasteiger charge is 2.54. The summed E-state index contributed by atoms with van der Waals surface area (Å²) in [5.41, 5.74) is 0. The van der Waals surface area contributed by atoms with Gasteiger partial charge in [0.2, 0.25) is 0 Å². The number of carbonyl (C=O) groups is 1. The van der Waals surface area contributed by atoms with Crippen molar-refractivity contribution in [3.8, 4) is 0 Å². The fourth-order valence-electron chi connectivity index (χ4n) is 4.14. The Morgan fingerprint density at radius 3 is 2.23 bits per heavy atom. The number of rotatable bonds is 1. The van der Waals surface area contributed by atoms with Crippen molar-refractivity contribution in [2.24, 2.45) is 29.6 Å². The summed E-state index contributed by atoms with van der Waals surface area (Å²) in [7, 11) is 0. The molecule has 0 aromatic rings. The molecule has 0 aromatic carbocycles. The maximum atomic E-state index is 10.9. The highest BCUT2D eigenvalue weighted by molar-refractivity contribution is 5.56. The minimum atomic E-state index is -0.308. The van der Waals surface area contributed by atoms with Gasteiger partial charge in [0.1, 0.15) is 6.29 Å². The normalized spacial score (nSPS) is 58.2. The molecular formula is C11H16O2. The maximum absolute atomic E-state index is 10.9. The molecule has 5 rings (SSSR count). The first-order chi connectivity index (χ1) is 6.31. The van der Waals surface area contributed by atoms with Crippen LogP contribution in [-0.2, 0) is 4.79 Å². The summed E-state index contributed by atoms with van der Waals surface area (Å²) < 4.78 is 0. The van der Waals surface area contributed by atoms with Crippen LogP contribution in [0.15, 0.2) is 0 Å². The minimum Gasteiger partial charge on any atom is -0.392 e. The second-order valence-electron chi connectivity index (χ2n) is 5.10. The number of hydrogen-bond donors (Lipinski definition) is 1. The van der Waals surface area contributed by atoms with E-state index in [9.17, 15) is 9.90 Å². The lowest BCUT2D eigenvalue weighted by molar-refractivity contribution is -0.154. The second kappa shape index (κ2) is 2.57. The average molecular weight is 180 g/mol. The van der Waals surface area contributed by atoms with Gasteiger partial charge in [-0.1, -0.05) is 0 Å². The molecule has 0 saturated heterocycles. The van der Waals surface area contributed by atoms with Gasteiger partial charge in [-0.3, -0.25) is 0 Å². The predicted octanol–water partition coefficient (Wildman–Crippen LogP) is 1.23. The largest absolute Gasteiger partial charge is 0.392 e. The molecular weight excluding hydrogens is 164 g/mol. The lowest BCUT2D eigenvalue weighted by atomic mass is 9.49. The Morgan fingerprint density at radius 2 is 1.69 bits per heavy atom. The molecule has 6 atom stereocenters. The number of aldehydes is 1. The first kappa shape index (κ1) is 7.98. The van der Waals surface area contributed by atoms with Crippen molar-refractivity contribution >= 4 is 6.29 Å². The number of aliphatic hydroxyl groups excluding tert-OH is 1. The van der Waals surface area contributed by atoms with Crippen LogP contribution >= 0.6 is 0 Å². The summed E-state index contributed by atoms with van der Waals surface area (Å²) in [5.74, 6) is 2.45. The van der Waals surface area contributed by atoms with Crippen LogP contribution in [0.25, 0.3) is 0 Å². The quantitative estimate of drug-likeness (QED) is 0.616. The second-order valence-corrected chi connectivity index (χ2v) is 5.10. The first-order valence-corrected chi connectivity index (χ1v) is 5.44. The van der Waals surface area contributed by atoms with Gasteiger partial charge < -0.3 is 9.90 Å². The summed E-state index contributed by atoms with van der Waals surface area (Å²) in [5, 5.41) is 9.95. The summed E-state index contributed by atoms with van der Waals surface area (Å²) in [6.07, 6.45) is 5.72. The molecule has 4 bridgehead atoms. The number of hydrogen-bond acceptors (Lipinski definition) is 2. The van der Waals surface area contributed by atoms with Gasteiger partial charge in [-0.25, -0.2) is 0 Å². The summed E-state index contributed by atoms with van der Waals surface area (Å²) in [4.78, 5) is 10.9. The van der Waals surface area contributed by atoms with Crippen LogP contribution in [0.2, 0.25) is 0 Å². The van der Waals surface area contributed by atoms with Crippen LogP contribution in [0.3, 0.4) is 0 Å². The molecule has 5 saturated carbocycles. The number of aliphatic hydroxyl groups is 1. The van der Waals surface area contributed by atoms with Gasteiger partial charge in [0, 0.05) is 5.92 Å². The molecule has 5 aliphatic rings. The number of carbonyl (C=O) groups excluding carboxylic acids is 1. The highest BCUT2D eigenvalue weighted by Crippen LogP contribution is 2.57. The lowest BCUT2D eigenvalue weighted by Crippen LogP contribution is -2.55. The molecule has 2 heteroatoms. The monoisotopic (exact) mass is 180 g/mol. The van der Waals surface area contributed by atoms with E-state index in [1.54, 1.807) is 0 Å². The Bertz CT molecular complexity index is 238. The van der Waals surface area contributed by atoms with E-state index in [0.717, 1.165) is 18.1 Å². The van der Waals surface area contributed by atoms with Crippen molar-refractivity contribution in [2.75, 3.05) is 0 Å². The summed E-state index contributed by atoms with van der Waals surface area (Å²) >= 11 is 0. The van der Waals surface area contributed by atoms with Gasteiger partial charge in [0.15, 0.2) is 0 Å². The van der Waals surface area contributed by atoms with Crippen molar-refractivity contribution < 1.29 is 9.90 Å². The summed E-state index contributed by atoms with van der Waals surface area (Å²) in [6, 6.07) is 0. The molecule has 5 fully saturated rings. The zero-order valence-electron chi connectivity index (χ0n) is 7.73.